The first-order chi connectivity index (χ1) is 38.1. The first kappa shape index (κ1) is 56.2. The second-order valence-electron chi connectivity index (χ2n) is 19.6. The molecular weight excluding hydrogens is 1050 g/mol. The van der Waals surface area contributed by atoms with Gasteiger partial charge in [-0.2, -0.15) is 10.2 Å². The molecule has 0 spiro atoms. The van der Waals surface area contributed by atoms with E-state index in [-0.39, 0.29) is 60.1 Å². The molecule has 0 bridgehead atoms. The van der Waals surface area contributed by atoms with E-state index in [9.17, 15) is 28.8 Å². The Kier molecular flexibility index (Phi) is 16.7. The number of nitrogens with one attached hydrogen (secondary N) is 2. The van der Waals surface area contributed by atoms with E-state index in [1.54, 1.807) is 49.7 Å². The number of nitrogens with zero attached hydrogens (tertiary/aromatic N) is 12. The van der Waals surface area contributed by atoms with Crippen molar-refractivity contribution in [2.45, 2.75) is 60.3 Å². The van der Waals surface area contributed by atoms with Gasteiger partial charge in [-0.15, -0.1) is 12.4 Å². The van der Waals surface area contributed by atoms with Crippen LogP contribution in [0.2, 0.25) is 0 Å². The van der Waals surface area contributed by atoms with Crippen molar-refractivity contribution >= 4 is 81.6 Å². The highest BCUT2D eigenvalue weighted by Crippen LogP contribution is 2.36. The minimum atomic E-state index is -0.666. The van der Waals surface area contributed by atoms with E-state index in [4.69, 9.17) is 35.6 Å². The zero-order valence-electron chi connectivity index (χ0n) is 45.3. The number of rotatable bonds is 21. The lowest BCUT2D eigenvalue weighted by molar-refractivity contribution is -0.117. The third-order valence-electron chi connectivity index (χ3n) is 13.9. The third kappa shape index (κ3) is 12.0. The van der Waals surface area contributed by atoms with Gasteiger partial charge in [0.1, 0.15) is 45.3 Å². The molecule has 6 aromatic rings. The van der Waals surface area contributed by atoms with Crippen LogP contribution in [0.1, 0.15) is 73.3 Å². The van der Waals surface area contributed by atoms with E-state index in [1.807, 2.05) is 47.6 Å². The number of amides is 4. The molecule has 11 rings (SSSR count). The molecule has 4 fully saturated rings. The Morgan fingerprint density at radius 1 is 0.675 bits per heavy atom. The lowest BCUT2D eigenvalue weighted by Crippen LogP contribution is -2.37. The first-order valence-electron chi connectivity index (χ1n) is 26.5. The van der Waals surface area contributed by atoms with Gasteiger partial charge in [-0.05, 0) is 70.5 Å². The van der Waals surface area contributed by atoms with Crippen molar-refractivity contribution in [3.05, 3.63) is 106 Å². The maximum Gasteiger partial charge on any atom is 0.276 e. The number of ketones is 2. The number of primary amides is 2. The van der Waals surface area contributed by atoms with E-state index in [2.05, 4.69) is 25.7 Å². The van der Waals surface area contributed by atoms with Crippen LogP contribution in [0.25, 0.3) is 22.1 Å². The number of fused-ring (bicyclic) bond motifs is 2. The summed E-state index contributed by atoms with van der Waals surface area (Å²) in [6.07, 6.45) is 5.95. The monoisotopic (exact) mass is 1120 g/mol. The summed E-state index contributed by atoms with van der Waals surface area (Å²) in [6.45, 7) is 18.3. The molecule has 422 valence electrons. The molecular formula is C54H65ClN16O9. The highest BCUT2D eigenvalue weighted by molar-refractivity contribution is 6.22. The van der Waals surface area contributed by atoms with Gasteiger partial charge in [-0.1, -0.05) is 12.2 Å². The topological polar surface area (TPSA) is 290 Å². The van der Waals surface area contributed by atoms with Crippen LogP contribution in [0.3, 0.4) is 0 Å². The number of nitrogens with two attached hydrogens (primary N) is 2. The number of carbonyl (C=O) groups is 6. The molecule has 0 saturated carbocycles. The number of benzene rings is 2. The van der Waals surface area contributed by atoms with Gasteiger partial charge in [0.2, 0.25) is 35.3 Å². The average Bonchev–Trinajstić information content (AvgIpc) is 4.42. The molecule has 4 aromatic heterocycles. The predicted molar refractivity (Wildman–Crippen MR) is 298 cm³/mol. The summed E-state index contributed by atoms with van der Waals surface area (Å²) in [6, 6.07) is 9.61. The fourth-order valence-corrected chi connectivity index (χ4v) is 9.76. The number of morpholine rings is 1. The molecule has 5 aliphatic rings. The summed E-state index contributed by atoms with van der Waals surface area (Å²) in [4.78, 5) is 94.5. The Morgan fingerprint density at radius 3 is 1.64 bits per heavy atom. The summed E-state index contributed by atoms with van der Waals surface area (Å²) in [5.74, 6) is -1.06. The van der Waals surface area contributed by atoms with Crippen molar-refractivity contribution < 1.29 is 43.0 Å². The van der Waals surface area contributed by atoms with Gasteiger partial charge in [0.15, 0.2) is 0 Å². The third-order valence-corrected chi connectivity index (χ3v) is 13.9. The number of anilines is 2. The number of hydrogen-bond donors (Lipinski definition) is 4. The number of hydrogen-bond acceptors (Lipinski definition) is 17. The minimum Gasteiger partial charge on any atom is -0.494 e. The standard InChI is InChI=1S/C42H51N13O7.C12H13N3O2.ClH/c1-6-54-31(19-25(3)49-54)39(58)47-41-45-29-21-27(37(43)56)23-33(60-5)35(29)52(41)12-8-9-13-53-36-30(46-42(53)48-40(59)32-20-26(4)50-55(32)7-2)22-28(38(44)57)24-34(36)62-16-10-11-51-14-17-61-18-15-51;16-9-7-8(13-1-2-13)12(17)11(15-5-6-15)10(9)14-3-4-14;/h8-9,19-24H,6-7,10-18H2,1-5H3,(H2,43,56)(H2,44,57)(H,45,47,58)(H,46,48,59);7H,1-6H2;1H/b9-8+;;. The number of halogens is 1. The smallest absolute Gasteiger partial charge is 0.276 e. The molecule has 0 atom stereocenters. The predicted octanol–water partition coefficient (Wildman–Crippen LogP) is 3.11. The Bertz CT molecular complexity index is 3520. The highest BCUT2D eigenvalue weighted by atomic mass is 35.5. The van der Waals surface area contributed by atoms with E-state index < -0.39 is 23.6 Å². The van der Waals surface area contributed by atoms with Crippen molar-refractivity contribution in [1.82, 2.24) is 58.3 Å². The van der Waals surface area contributed by atoms with Crippen molar-refractivity contribution in [2.75, 3.05) is 96.5 Å². The Hall–Kier alpha value is -8.55. The normalized spacial score (nSPS) is 16.0. The number of carbonyl (C=O) groups excluding carboxylic acids is 6. The zero-order valence-corrected chi connectivity index (χ0v) is 46.1. The number of allylic oxidation sites excluding steroid dienone is 3. The Balaban J connectivity index is 0.000000360. The van der Waals surface area contributed by atoms with Gasteiger partial charge in [0, 0.05) is 102 Å². The van der Waals surface area contributed by atoms with Crippen molar-refractivity contribution in [1.29, 1.82) is 0 Å². The maximum atomic E-state index is 13.8. The van der Waals surface area contributed by atoms with Crippen LogP contribution >= 0.6 is 12.4 Å². The molecule has 2 aromatic carbocycles. The van der Waals surface area contributed by atoms with Crippen LogP contribution in [-0.2, 0) is 40.5 Å². The molecule has 4 aliphatic heterocycles. The number of aromatic nitrogens is 8. The number of ether oxygens (including phenoxy) is 3. The average molecular weight is 1120 g/mol. The second-order valence-corrected chi connectivity index (χ2v) is 19.6. The lowest BCUT2D eigenvalue weighted by Gasteiger charge is -2.26. The van der Waals surface area contributed by atoms with Gasteiger partial charge in [-0.3, -0.25) is 53.7 Å². The first-order valence-corrected chi connectivity index (χ1v) is 26.5. The van der Waals surface area contributed by atoms with Gasteiger partial charge in [0.05, 0.1) is 55.0 Å². The Labute approximate surface area is 466 Å². The summed E-state index contributed by atoms with van der Waals surface area (Å²) in [7, 11) is 1.47. The molecule has 0 unspecified atom stereocenters. The van der Waals surface area contributed by atoms with Crippen molar-refractivity contribution in [2.24, 2.45) is 11.5 Å². The van der Waals surface area contributed by atoms with Crippen molar-refractivity contribution in [3.8, 4) is 11.5 Å². The van der Waals surface area contributed by atoms with Gasteiger partial charge >= 0.3 is 0 Å². The molecule has 1 aliphatic carbocycles. The molecule has 6 N–H and O–H groups in total. The fraction of sp³-hybridized carbons (Fsp3) is 0.407. The second kappa shape index (κ2) is 23.8. The lowest BCUT2D eigenvalue weighted by atomic mass is 10.0. The van der Waals surface area contributed by atoms with Crippen LogP contribution in [-0.4, -0.2) is 179 Å². The fourth-order valence-electron chi connectivity index (χ4n) is 9.76. The van der Waals surface area contributed by atoms with E-state index in [0.717, 1.165) is 58.9 Å². The van der Waals surface area contributed by atoms with Crippen molar-refractivity contribution in [3.63, 3.8) is 0 Å². The van der Waals surface area contributed by atoms with Crippen LogP contribution < -0.4 is 31.6 Å². The molecule has 26 heteroatoms. The summed E-state index contributed by atoms with van der Waals surface area (Å²) in [5.41, 5.74) is 17.5. The summed E-state index contributed by atoms with van der Waals surface area (Å²) >= 11 is 0. The van der Waals surface area contributed by atoms with Gasteiger partial charge < -0.3 is 49.5 Å². The molecule has 25 nitrogen and oxygen atoms in total. The molecule has 4 saturated heterocycles. The number of imidazole rings is 2. The van der Waals surface area contributed by atoms with Crippen LogP contribution in [0, 0.1) is 13.8 Å². The van der Waals surface area contributed by atoms with Crippen LogP contribution in [0.5, 0.6) is 11.5 Å². The van der Waals surface area contributed by atoms with Gasteiger partial charge in [-0.25, -0.2) is 9.97 Å². The minimum absolute atomic E-state index is 0. The molecule has 4 amide bonds. The van der Waals surface area contributed by atoms with E-state index in [1.165, 1.54) is 25.3 Å². The maximum absolute atomic E-state index is 13.8. The van der Waals surface area contributed by atoms with Gasteiger partial charge in [0.25, 0.3) is 11.8 Å². The van der Waals surface area contributed by atoms with Crippen LogP contribution in [0.15, 0.2) is 71.7 Å². The molecule has 80 heavy (non-hydrogen) atoms. The van der Waals surface area contributed by atoms with E-state index in [0.29, 0.717) is 113 Å². The summed E-state index contributed by atoms with van der Waals surface area (Å²) in [5, 5.41) is 14.7. The SMILES string of the molecule is CCn1nc(C)cc1C(=O)Nc1nc2cc(C(N)=O)cc(OC)c2n1C/C=C/Cn1c(NC(=O)c2cc(C)nn2CC)nc2cc(C(N)=O)cc(OCCCN3CCOCC3)c21.Cl.O=C1C=C(N2CC2)C(=O)C(N2CC2)=C1N1CC1. The van der Waals surface area contributed by atoms with Crippen LogP contribution in [0.4, 0.5) is 11.9 Å². The number of aryl methyl sites for hydroxylation is 4. The summed E-state index contributed by atoms with van der Waals surface area (Å²) < 4.78 is 24.3. The largest absolute Gasteiger partial charge is 0.494 e. The zero-order chi connectivity index (χ0) is 55.6. The molecule has 8 heterocycles. The Morgan fingerprint density at radius 2 is 1.16 bits per heavy atom. The number of Topliss-reactive ketones (excluding diaryl/α,β-unsaturated/α-hetero) is 1. The number of methoxy groups -OCH3 is 1. The highest BCUT2D eigenvalue weighted by Gasteiger charge is 2.43. The quantitative estimate of drug-likeness (QED) is 0.0349. The molecule has 0 radical (unpaired) electrons. The van der Waals surface area contributed by atoms with E-state index >= 15 is 0 Å².